The van der Waals surface area contributed by atoms with Crippen LogP contribution >= 0.6 is 11.3 Å². The van der Waals surface area contributed by atoms with Gasteiger partial charge in [0.1, 0.15) is 5.01 Å². The van der Waals surface area contributed by atoms with Crippen molar-refractivity contribution in [1.29, 1.82) is 0 Å². The summed E-state index contributed by atoms with van der Waals surface area (Å²) in [5.41, 5.74) is 4.05. The predicted octanol–water partition coefficient (Wildman–Crippen LogP) is 5.32. The zero-order valence-electron chi connectivity index (χ0n) is 14.8. The van der Waals surface area contributed by atoms with Gasteiger partial charge in [-0.2, -0.15) is 0 Å². The fourth-order valence-electron chi connectivity index (χ4n) is 2.91. The molecule has 5 heteroatoms. The highest BCUT2D eigenvalue weighted by Gasteiger charge is 2.07. The third kappa shape index (κ3) is 4.38. The van der Waals surface area contributed by atoms with Crippen LogP contribution in [-0.4, -0.2) is 15.9 Å². The maximum atomic E-state index is 12.1. The number of rotatable bonds is 6. The van der Waals surface area contributed by atoms with Crippen molar-refractivity contribution < 1.29 is 4.79 Å². The molecule has 0 aliphatic rings. The Morgan fingerprint density at radius 2 is 1.85 bits per heavy atom. The van der Waals surface area contributed by atoms with Crippen molar-refractivity contribution in [3.05, 3.63) is 78.6 Å². The molecule has 2 aromatic heterocycles. The van der Waals surface area contributed by atoms with Crippen LogP contribution in [0.3, 0.4) is 0 Å². The van der Waals surface area contributed by atoms with E-state index in [1.54, 1.807) is 17.5 Å². The number of carbonyl (C=O) groups is 1. The Morgan fingerprint density at radius 3 is 2.63 bits per heavy atom. The highest BCUT2D eigenvalue weighted by molar-refractivity contribution is 7.21. The fraction of sp³-hybridized carbons (Fsp3) is 0.136. The van der Waals surface area contributed by atoms with Gasteiger partial charge in [0.15, 0.2) is 0 Å². The number of hydrogen-bond acceptors (Lipinski definition) is 4. The summed E-state index contributed by atoms with van der Waals surface area (Å²) in [7, 11) is 0. The molecule has 0 radical (unpaired) electrons. The molecule has 0 unspecified atom stereocenters. The van der Waals surface area contributed by atoms with Gasteiger partial charge in [0.05, 0.1) is 10.2 Å². The summed E-state index contributed by atoms with van der Waals surface area (Å²) in [5.74, 6) is 0.0339. The molecule has 1 amide bonds. The fourth-order valence-corrected chi connectivity index (χ4v) is 3.89. The molecule has 2 aromatic carbocycles. The van der Waals surface area contributed by atoms with Crippen LogP contribution in [0.2, 0.25) is 0 Å². The van der Waals surface area contributed by atoms with Gasteiger partial charge in [0, 0.05) is 30.1 Å². The Balaban J connectivity index is 1.34. The second kappa shape index (κ2) is 8.10. The van der Waals surface area contributed by atoms with E-state index < -0.39 is 0 Å². The number of benzene rings is 2. The Hall–Kier alpha value is -3.05. The molecule has 27 heavy (non-hydrogen) atoms. The summed E-state index contributed by atoms with van der Waals surface area (Å²) in [6.07, 6.45) is 5.76. The third-order valence-electron chi connectivity index (χ3n) is 4.30. The van der Waals surface area contributed by atoms with Crippen molar-refractivity contribution in [2.45, 2.75) is 19.3 Å². The SMILES string of the molecule is O=C(CCCc1cccnc1)Nc1ccc(-c2nc3ccccc3s2)cc1. The van der Waals surface area contributed by atoms with E-state index in [2.05, 4.69) is 21.4 Å². The van der Waals surface area contributed by atoms with Gasteiger partial charge in [0.2, 0.25) is 5.91 Å². The molecule has 0 bridgehead atoms. The lowest BCUT2D eigenvalue weighted by Crippen LogP contribution is -2.11. The molecule has 1 N–H and O–H groups in total. The predicted molar refractivity (Wildman–Crippen MR) is 111 cm³/mol. The van der Waals surface area contributed by atoms with Crippen molar-refractivity contribution >= 4 is 33.1 Å². The zero-order chi connectivity index (χ0) is 18.5. The maximum absolute atomic E-state index is 12.1. The molecule has 0 saturated carbocycles. The summed E-state index contributed by atoms with van der Waals surface area (Å²) < 4.78 is 1.18. The van der Waals surface area contributed by atoms with Crippen molar-refractivity contribution in [3.63, 3.8) is 0 Å². The van der Waals surface area contributed by atoms with Gasteiger partial charge in [-0.05, 0) is 60.9 Å². The molecule has 0 fully saturated rings. The van der Waals surface area contributed by atoms with E-state index in [-0.39, 0.29) is 5.91 Å². The van der Waals surface area contributed by atoms with E-state index in [4.69, 9.17) is 0 Å². The van der Waals surface area contributed by atoms with Crippen molar-refractivity contribution in [2.75, 3.05) is 5.32 Å². The van der Waals surface area contributed by atoms with Crippen molar-refractivity contribution in [3.8, 4) is 10.6 Å². The van der Waals surface area contributed by atoms with Crippen LogP contribution < -0.4 is 5.32 Å². The van der Waals surface area contributed by atoms with Gasteiger partial charge in [0.25, 0.3) is 0 Å². The molecule has 0 spiro atoms. The summed E-state index contributed by atoms with van der Waals surface area (Å²) in [4.78, 5) is 20.9. The molecule has 0 aliphatic heterocycles. The average molecular weight is 373 g/mol. The normalized spacial score (nSPS) is 10.8. The Kier molecular flexibility index (Phi) is 5.21. The van der Waals surface area contributed by atoms with E-state index in [0.29, 0.717) is 6.42 Å². The first-order valence-electron chi connectivity index (χ1n) is 8.93. The average Bonchev–Trinajstić information content (AvgIpc) is 3.13. The number of para-hydroxylation sites is 1. The maximum Gasteiger partial charge on any atom is 0.224 e. The van der Waals surface area contributed by atoms with Crippen LogP contribution in [0.5, 0.6) is 0 Å². The Morgan fingerprint density at radius 1 is 1.00 bits per heavy atom. The number of nitrogens with zero attached hydrogens (tertiary/aromatic N) is 2. The highest BCUT2D eigenvalue weighted by Crippen LogP contribution is 2.30. The van der Waals surface area contributed by atoms with Crippen LogP contribution in [0, 0.1) is 0 Å². The summed E-state index contributed by atoms with van der Waals surface area (Å²) >= 11 is 1.68. The van der Waals surface area contributed by atoms with E-state index in [0.717, 1.165) is 40.2 Å². The first-order chi connectivity index (χ1) is 13.3. The number of thiazole rings is 1. The molecular formula is C22H19N3OS. The number of fused-ring (bicyclic) bond motifs is 1. The zero-order valence-corrected chi connectivity index (χ0v) is 15.6. The second-order valence-corrected chi connectivity index (χ2v) is 7.36. The third-order valence-corrected chi connectivity index (χ3v) is 5.39. The quantitative estimate of drug-likeness (QED) is 0.498. The van der Waals surface area contributed by atoms with Gasteiger partial charge >= 0.3 is 0 Å². The van der Waals surface area contributed by atoms with Gasteiger partial charge in [-0.15, -0.1) is 11.3 Å². The number of anilines is 1. The summed E-state index contributed by atoms with van der Waals surface area (Å²) in [6, 6.07) is 19.9. The van der Waals surface area contributed by atoms with Crippen LogP contribution in [0.15, 0.2) is 73.1 Å². The molecule has 4 rings (SSSR count). The van der Waals surface area contributed by atoms with Gasteiger partial charge in [-0.25, -0.2) is 4.98 Å². The number of hydrogen-bond donors (Lipinski definition) is 1. The number of aromatic nitrogens is 2. The van der Waals surface area contributed by atoms with Crippen LogP contribution in [0.25, 0.3) is 20.8 Å². The van der Waals surface area contributed by atoms with Crippen molar-refractivity contribution in [2.24, 2.45) is 0 Å². The lowest BCUT2D eigenvalue weighted by molar-refractivity contribution is -0.116. The van der Waals surface area contributed by atoms with Gasteiger partial charge in [-0.1, -0.05) is 18.2 Å². The molecule has 0 atom stereocenters. The minimum absolute atomic E-state index is 0.0339. The molecule has 0 saturated heterocycles. The smallest absolute Gasteiger partial charge is 0.224 e. The lowest BCUT2D eigenvalue weighted by Gasteiger charge is -2.06. The monoisotopic (exact) mass is 373 g/mol. The van der Waals surface area contributed by atoms with Crippen LogP contribution in [-0.2, 0) is 11.2 Å². The Labute approximate surface area is 161 Å². The van der Waals surface area contributed by atoms with Gasteiger partial charge < -0.3 is 5.32 Å². The topological polar surface area (TPSA) is 54.9 Å². The van der Waals surface area contributed by atoms with Crippen LogP contribution in [0.4, 0.5) is 5.69 Å². The number of carbonyl (C=O) groups excluding carboxylic acids is 1. The number of pyridine rings is 1. The molecule has 4 aromatic rings. The summed E-state index contributed by atoms with van der Waals surface area (Å²) in [5, 5.41) is 3.95. The molecule has 4 nitrogen and oxygen atoms in total. The number of amides is 1. The van der Waals surface area contributed by atoms with E-state index >= 15 is 0 Å². The van der Waals surface area contributed by atoms with Gasteiger partial charge in [-0.3, -0.25) is 9.78 Å². The first kappa shape index (κ1) is 17.4. The minimum Gasteiger partial charge on any atom is -0.326 e. The minimum atomic E-state index is 0.0339. The lowest BCUT2D eigenvalue weighted by atomic mass is 10.1. The molecular weight excluding hydrogens is 354 g/mol. The number of aryl methyl sites for hydroxylation is 1. The Bertz CT molecular complexity index is 1010. The largest absolute Gasteiger partial charge is 0.326 e. The van der Waals surface area contributed by atoms with Crippen LogP contribution in [0.1, 0.15) is 18.4 Å². The standard InChI is InChI=1S/C22H19N3OS/c26-21(9-3-5-16-6-4-14-23-15-16)24-18-12-10-17(11-13-18)22-25-19-7-1-2-8-20(19)27-22/h1-2,4,6-8,10-15H,3,5,9H2,(H,24,26). The van der Waals surface area contributed by atoms with E-state index in [1.165, 1.54) is 4.70 Å². The number of nitrogens with one attached hydrogen (secondary N) is 1. The van der Waals surface area contributed by atoms with E-state index in [9.17, 15) is 4.79 Å². The molecule has 2 heterocycles. The highest BCUT2D eigenvalue weighted by atomic mass is 32.1. The second-order valence-electron chi connectivity index (χ2n) is 6.33. The van der Waals surface area contributed by atoms with Crippen molar-refractivity contribution in [1.82, 2.24) is 9.97 Å². The molecule has 0 aliphatic carbocycles. The summed E-state index contributed by atoms with van der Waals surface area (Å²) in [6.45, 7) is 0. The first-order valence-corrected chi connectivity index (χ1v) is 9.74. The van der Waals surface area contributed by atoms with E-state index in [1.807, 2.05) is 60.8 Å². The molecule has 134 valence electrons.